The summed E-state index contributed by atoms with van der Waals surface area (Å²) < 4.78 is 13.5. The number of likely N-dealkylation sites (N-methyl/N-ethyl adjacent to an activating group) is 1. The predicted octanol–water partition coefficient (Wildman–Crippen LogP) is 6.08. The SMILES string of the molecule is CCOc1cc(/C=C2/SC(=S)N(C)C2=O)cc(Br)c1OCC(=O)Nc1cc(C)c(C)cc1Br. The van der Waals surface area contributed by atoms with E-state index in [9.17, 15) is 9.59 Å². The maximum Gasteiger partial charge on any atom is 0.265 e. The van der Waals surface area contributed by atoms with E-state index < -0.39 is 0 Å². The van der Waals surface area contributed by atoms with Gasteiger partial charge in [-0.25, -0.2) is 0 Å². The second-order valence-electron chi connectivity index (χ2n) is 7.26. The van der Waals surface area contributed by atoms with Crippen molar-refractivity contribution in [3.8, 4) is 11.5 Å². The Balaban J connectivity index is 1.78. The number of carbonyl (C=O) groups is 2. The van der Waals surface area contributed by atoms with E-state index in [-0.39, 0.29) is 18.4 Å². The van der Waals surface area contributed by atoms with Gasteiger partial charge in [0.15, 0.2) is 18.1 Å². The highest BCUT2D eigenvalue weighted by Gasteiger charge is 2.29. The molecule has 0 aromatic heterocycles. The van der Waals surface area contributed by atoms with Crippen molar-refractivity contribution in [3.05, 3.63) is 54.8 Å². The Kier molecular flexibility index (Phi) is 8.60. The molecule has 1 fully saturated rings. The van der Waals surface area contributed by atoms with Crippen LogP contribution in [0.15, 0.2) is 38.1 Å². The van der Waals surface area contributed by atoms with Crippen LogP contribution in [0, 0.1) is 13.8 Å². The highest BCUT2D eigenvalue weighted by atomic mass is 79.9. The van der Waals surface area contributed by atoms with Gasteiger partial charge in [0.05, 0.1) is 21.7 Å². The lowest BCUT2D eigenvalue weighted by Crippen LogP contribution is -2.22. The van der Waals surface area contributed by atoms with Crippen molar-refractivity contribution in [3.63, 3.8) is 0 Å². The molecule has 10 heteroatoms. The van der Waals surface area contributed by atoms with Gasteiger partial charge in [0, 0.05) is 11.5 Å². The van der Waals surface area contributed by atoms with Gasteiger partial charge < -0.3 is 14.8 Å². The number of carbonyl (C=O) groups excluding carboxylic acids is 2. The Hall–Kier alpha value is -1.88. The van der Waals surface area contributed by atoms with E-state index in [1.807, 2.05) is 32.9 Å². The number of amides is 2. The molecule has 0 aliphatic carbocycles. The van der Waals surface area contributed by atoms with Crippen LogP contribution in [0.25, 0.3) is 6.08 Å². The lowest BCUT2D eigenvalue weighted by atomic mass is 10.1. The maximum absolute atomic E-state index is 12.5. The summed E-state index contributed by atoms with van der Waals surface area (Å²) >= 11 is 13.4. The first-order valence-electron chi connectivity index (χ1n) is 9.98. The number of ether oxygens (including phenoxy) is 2. The zero-order valence-electron chi connectivity index (χ0n) is 18.5. The Morgan fingerprint density at radius 1 is 1.15 bits per heavy atom. The van der Waals surface area contributed by atoms with Crippen molar-refractivity contribution in [1.82, 2.24) is 4.90 Å². The second kappa shape index (κ2) is 11.0. The normalized spacial score (nSPS) is 14.7. The van der Waals surface area contributed by atoms with Crippen molar-refractivity contribution in [2.45, 2.75) is 20.8 Å². The summed E-state index contributed by atoms with van der Waals surface area (Å²) in [5.74, 6) is 0.425. The molecule has 0 saturated carbocycles. The zero-order chi connectivity index (χ0) is 24.3. The van der Waals surface area contributed by atoms with Crippen molar-refractivity contribution < 1.29 is 19.1 Å². The third-order valence-corrected chi connectivity index (χ3v) is 7.55. The molecule has 0 spiro atoms. The number of benzene rings is 2. The number of thiocarbonyl (C=S) groups is 1. The van der Waals surface area contributed by atoms with Crippen molar-refractivity contribution in [1.29, 1.82) is 0 Å². The molecule has 33 heavy (non-hydrogen) atoms. The van der Waals surface area contributed by atoms with Gasteiger partial charge in [0.1, 0.15) is 4.32 Å². The molecule has 2 amide bonds. The minimum atomic E-state index is -0.302. The fraction of sp³-hybridized carbons (Fsp3) is 0.261. The number of nitrogens with zero attached hydrogens (tertiary/aromatic N) is 1. The average molecular weight is 614 g/mol. The zero-order valence-corrected chi connectivity index (χ0v) is 23.3. The number of thioether (sulfide) groups is 1. The fourth-order valence-electron chi connectivity index (χ4n) is 2.97. The molecule has 0 bridgehead atoms. The van der Waals surface area contributed by atoms with Crippen molar-refractivity contribution >= 4 is 83.7 Å². The molecule has 3 rings (SSSR count). The van der Waals surface area contributed by atoms with Crippen LogP contribution < -0.4 is 14.8 Å². The summed E-state index contributed by atoms with van der Waals surface area (Å²) in [4.78, 5) is 26.8. The van der Waals surface area contributed by atoms with Gasteiger partial charge in [0.25, 0.3) is 11.8 Å². The molecule has 1 heterocycles. The quantitative estimate of drug-likeness (QED) is 0.302. The van der Waals surface area contributed by atoms with Crippen LogP contribution in [0.1, 0.15) is 23.6 Å². The molecule has 0 atom stereocenters. The third-order valence-electron chi connectivity index (χ3n) is 4.82. The van der Waals surface area contributed by atoms with E-state index in [0.29, 0.717) is 37.5 Å². The van der Waals surface area contributed by atoms with E-state index in [2.05, 4.69) is 37.2 Å². The number of halogens is 2. The van der Waals surface area contributed by atoms with Crippen LogP contribution in [0.3, 0.4) is 0 Å². The standard InChI is InChI=1S/C23H22Br2N2O4S2/c1-5-30-18-9-14(10-19-22(29)27(4)23(32)33-19)8-16(25)21(18)31-11-20(28)26-17-7-13(3)12(2)6-15(17)24/h6-10H,5,11H2,1-4H3,(H,26,28)/b19-10+. The summed E-state index contributed by atoms with van der Waals surface area (Å²) in [5.41, 5.74) is 3.63. The molecule has 1 aliphatic heterocycles. The molecule has 1 N–H and O–H groups in total. The van der Waals surface area contributed by atoms with E-state index in [4.69, 9.17) is 21.7 Å². The molecule has 0 unspecified atom stereocenters. The number of hydrogen-bond donors (Lipinski definition) is 1. The van der Waals surface area contributed by atoms with E-state index in [1.54, 1.807) is 25.3 Å². The first-order chi connectivity index (χ1) is 15.6. The highest BCUT2D eigenvalue weighted by Crippen LogP contribution is 2.39. The Bertz CT molecular complexity index is 1170. The van der Waals surface area contributed by atoms with Crippen LogP contribution in [0.4, 0.5) is 5.69 Å². The first kappa shape index (κ1) is 25.7. The van der Waals surface area contributed by atoms with E-state index >= 15 is 0 Å². The van der Waals surface area contributed by atoms with E-state index in [1.165, 1.54) is 16.7 Å². The minimum Gasteiger partial charge on any atom is -0.490 e. The number of anilines is 1. The maximum atomic E-state index is 12.5. The lowest BCUT2D eigenvalue weighted by molar-refractivity contribution is -0.121. The highest BCUT2D eigenvalue weighted by molar-refractivity contribution is 9.11. The van der Waals surface area contributed by atoms with Gasteiger partial charge >= 0.3 is 0 Å². The number of rotatable bonds is 7. The van der Waals surface area contributed by atoms with Crippen LogP contribution in [-0.4, -0.2) is 41.3 Å². The molecule has 174 valence electrons. The number of hydrogen-bond acceptors (Lipinski definition) is 6. The molecule has 0 radical (unpaired) electrons. The molecule has 2 aromatic rings. The molecular formula is C23H22Br2N2O4S2. The summed E-state index contributed by atoms with van der Waals surface area (Å²) in [6.45, 7) is 6.06. The fourth-order valence-corrected chi connectivity index (χ4v) is 5.28. The summed E-state index contributed by atoms with van der Waals surface area (Å²) in [6.07, 6.45) is 1.75. The Morgan fingerprint density at radius 3 is 2.48 bits per heavy atom. The Labute approximate surface area is 219 Å². The third kappa shape index (κ3) is 6.17. The first-order valence-corrected chi connectivity index (χ1v) is 12.8. The molecule has 1 saturated heterocycles. The van der Waals surface area contributed by atoms with Crippen molar-refractivity contribution in [2.75, 3.05) is 25.6 Å². The minimum absolute atomic E-state index is 0.145. The van der Waals surface area contributed by atoms with Crippen LogP contribution in [-0.2, 0) is 9.59 Å². The van der Waals surface area contributed by atoms with Crippen molar-refractivity contribution in [2.24, 2.45) is 0 Å². The summed E-state index contributed by atoms with van der Waals surface area (Å²) in [5, 5.41) is 2.86. The molecular weight excluding hydrogens is 592 g/mol. The topological polar surface area (TPSA) is 67.9 Å². The average Bonchev–Trinajstić information content (AvgIpc) is 2.98. The lowest BCUT2D eigenvalue weighted by Gasteiger charge is -2.15. The largest absolute Gasteiger partial charge is 0.490 e. The smallest absolute Gasteiger partial charge is 0.265 e. The van der Waals surface area contributed by atoms with Gasteiger partial charge in [-0.15, -0.1) is 0 Å². The molecule has 1 aliphatic rings. The van der Waals surface area contributed by atoms with Gasteiger partial charge in [-0.1, -0.05) is 24.0 Å². The number of aryl methyl sites for hydroxylation is 2. The van der Waals surface area contributed by atoms with Gasteiger partial charge in [-0.05, 0) is 99.7 Å². The monoisotopic (exact) mass is 612 g/mol. The van der Waals surface area contributed by atoms with Crippen LogP contribution in [0.5, 0.6) is 11.5 Å². The van der Waals surface area contributed by atoms with Gasteiger partial charge in [-0.2, -0.15) is 0 Å². The van der Waals surface area contributed by atoms with E-state index in [0.717, 1.165) is 21.2 Å². The van der Waals surface area contributed by atoms with Crippen LogP contribution in [0.2, 0.25) is 0 Å². The van der Waals surface area contributed by atoms with Gasteiger partial charge in [-0.3, -0.25) is 14.5 Å². The van der Waals surface area contributed by atoms with Crippen LogP contribution >= 0.6 is 55.8 Å². The molecule has 6 nitrogen and oxygen atoms in total. The second-order valence-corrected chi connectivity index (χ2v) is 10.6. The van der Waals surface area contributed by atoms with Gasteiger partial charge in [0.2, 0.25) is 0 Å². The summed E-state index contributed by atoms with van der Waals surface area (Å²) in [7, 11) is 1.65. The summed E-state index contributed by atoms with van der Waals surface area (Å²) in [6, 6.07) is 7.44. The number of nitrogens with one attached hydrogen (secondary N) is 1. The predicted molar refractivity (Wildman–Crippen MR) is 144 cm³/mol. The Morgan fingerprint density at radius 2 is 1.85 bits per heavy atom. The molecule has 2 aromatic carbocycles.